The number of halogens is 1. The third kappa shape index (κ3) is 2.37. The van der Waals surface area contributed by atoms with Gasteiger partial charge >= 0.3 is 0 Å². The van der Waals surface area contributed by atoms with Crippen LogP contribution in [0.25, 0.3) is 0 Å². The van der Waals surface area contributed by atoms with Gasteiger partial charge in [-0.15, -0.1) is 0 Å². The van der Waals surface area contributed by atoms with Gasteiger partial charge in [-0.3, -0.25) is 0 Å². The number of alkyl halides is 1. The summed E-state index contributed by atoms with van der Waals surface area (Å²) in [5.74, 6) is 0.878. The molecule has 0 bridgehead atoms. The second kappa shape index (κ2) is 4.31. The van der Waals surface area contributed by atoms with Crippen molar-refractivity contribution in [2.45, 2.75) is 38.4 Å². The molecule has 1 saturated heterocycles. The van der Waals surface area contributed by atoms with E-state index in [9.17, 15) is 4.39 Å². The lowest BCUT2D eigenvalue weighted by atomic mass is 10.0. The molecule has 1 aliphatic rings. The van der Waals surface area contributed by atoms with E-state index < -0.39 is 5.67 Å². The Morgan fingerprint density at radius 2 is 2.53 bits per heavy atom. The fourth-order valence-corrected chi connectivity index (χ4v) is 2.10. The Hall–Kier alpha value is -0.900. The van der Waals surface area contributed by atoms with Crippen molar-refractivity contribution < 1.29 is 4.39 Å². The number of hydrogen-bond acceptors (Lipinski definition) is 2. The Morgan fingerprint density at radius 1 is 1.67 bits per heavy atom. The van der Waals surface area contributed by atoms with E-state index >= 15 is 0 Å². The smallest absolute Gasteiger partial charge is 0.131 e. The van der Waals surface area contributed by atoms with Crippen molar-refractivity contribution >= 4 is 0 Å². The molecule has 0 saturated carbocycles. The Kier molecular flexibility index (Phi) is 3.05. The summed E-state index contributed by atoms with van der Waals surface area (Å²) in [6.07, 6.45) is 5.79. The average molecular weight is 211 g/mol. The number of imidazole rings is 1. The minimum atomic E-state index is -1.09. The van der Waals surface area contributed by atoms with Crippen molar-refractivity contribution in [1.82, 2.24) is 14.9 Å². The van der Waals surface area contributed by atoms with Crippen LogP contribution in [0, 0.1) is 0 Å². The quantitative estimate of drug-likeness (QED) is 0.818. The van der Waals surface area contributed by atoms with E-state index in [-0.39, 0.29) is 0 Å². The largest absolute Gasteiger partial charge is 0.335 e. The van der Waals surface area contributed by atoms with Crippen LogP contribution in [0.4, 0.5) is 4.39 Å². The first kappa shape index (κ1) is 10.6. The van der Waals surface area contributed by atoms with Crippen molar-refractivity contribution in [2.24, 2.45) is 0 Å². The zero-order valence-electron chi connectivity index (χ0n) is 9.17. The Labute approximate surface area is 89.7 Å². The summed E-state index contributed by atoms with van der Waals surface area (Å²) >= 11 is 0. The highest BCUT2D eigenvalue weighted by atomic mass is 19.1. The van der Waals surface area contributed by atoms with Crippen LogP contribution in [-0.4, -0.2) is 28.3 Å². The van der Waals surface area contributed by atoms with Crippen LogP contribution >= 0.6 is 0 Å². The van der Waals surface area contributed by atoms with Crippen LogP contribution in [0.15, 0.2) is 12.4 Å². The van der Waals surface area contributed by atoms with Gasteiger partial charge in [0.2, 0.25) is 0 Å². The summed E-state index contributed by atoms with van der Waals surface area (Å²) < 4.78 is 16.2. The number of rotatable bonds is 4. The van der Waals surface area contributed by atoms with Crippen LogP contribution in [0.3, 0.4) is 0 Å². The molecule has 2 rings (SSSR count). The van der Waals surface area contributed by atoms with Gasteiger partial charge in [-0.2, -0.15) is 0 Å². The topological polar surface area (TPSA) is 29.9 Å². The Bertz CT molecular complexity index is 315. The van der Waals surface area contributed by atoms with Gasteiger partial charge in [0.1, 0.15) is 11.5 Å². The summed E-state index contributed by atoms with van der Waals surface area (Å²) in [4.78, 5) is 4.24. The molecule has 1 aliphatic heterocycles. The summed E-state index contributed by atoms with van der Waals surface area (Å²) in [6.45, 7) is 4.29. The minimum Gasteiger partial charge on any atom is -0.335 e. The van der Waals surface area contributed by atoms with E-state index in [4.69, 9.17) is 0 Å². The maximum Gasteiger partial charge on any atom is 0.131 e. The van der Waals surface area contributed by atoms with Gasteiger partial charge < -0.3 is 9.88 Å². The predicted molar refractivity (Wildman–Crippen MR) is 57.5 cm³/mol. The summed E-state index contributed by atoms with van der Waals surface area (Å²) in [6, 6.07) is 0. The van der Waals surface area contributed by atoms with Crippen molar-refractivity contribution in [2.75, 3.05) is 13.1 Å². The van der Waals surface area contributed by atoms with E-state index in [1.54, 1.807) is 6.20 Å². The van der Waals surface area contributed by atoms with Gasteiger partial charge in [0.25, 0.3) is 0 Å². The lowest BCUT2D eigenvalue weighted by molar-refractivity contribution is 0.185. The number of hydrogen-bond donors (Lipinski definition) is 1. The highest BCUT2D eigenvalue weighted by Gasteiger charge is 2.34. The molecule has 0 radical (unpaired) electrons. The van der Waals surface area contributed by atoms with Crippen molar-refractivity contribution in [3.05, 3.63) is 18.2 Å². The highest BCUT2D eigenvalue weighted by Crippen LogP contribution is 2.24. The lowest BCUT2D eigenvalue weighted by Gasteiger charge is -2.18. The number of nitrogens with zero attached hydrogens (tertiary/aromatic N) is 2. The first-order chi connectivity index (χ1) is 7.23. The first-order valence-electron chi connectivity index (χ1n) is 5.63. The Morgan fingerprint density at radius 3 is 3.20 bits per heavy atom. The summed E-state index contributed by atoms with van der Waals surface area (Å²) in [5.41, 5.74) is -1.09. The average Bonchev–Trinajstić information content (AvgIpc) is 2.78. The van der Waals surface area contributed by atoms with Crippen LogP contribution in [0.5, 0.6) is 0 Å². The molecule has 15 heavy (non-hydrogen) atoms. The molecule has 1 aromatic heterocycles. The van der Waals surface area contributed by atoms with Crippen molar-refractivity contribution in [3.63, 3.8) is 0 Å². The molecule has 4 heteroatoms. The fraction of sp³-hybridized carbons (Fsp3) is 0.727. The third-order valence-corrected chi connectivity index (χ3v) is 2.93. The van der Waals surface area contributed by atoms with Gasteiger partial charge in [-0.25, -0.2) is 9.37 Å². The van der Waals surface area contributed by atoms with Gasteiger partial charge in [0.15, 0.2) is 0 Å². The summed E-state index contributed by atoms with van der Waals surface area (Å²) in [5, 5.41) is 3.06. The number of aryl methyl sites for hydroxylation is 1. The second-order valence-electron chi connectivity index (χ2n) is 4.29. The maximum absolute atomic E-state index is 14.2. The molecular weight excluding hydrogens is 193 g/mol. The van der Waals surface area contributed by atoms with Gasteiger partial charge in [0.05, 0.1) is 0 Å². The zero-order chi connectivity index (χ0) is 10.7. The molecule has 0 spiro atoms. The van der Waals surface area contributed by atoms with Gasteiger partial charge in [-0.05, 0) is 19.4 Å². The van der Waals surface area contributed by atoms with E-state index in [0.29, 0.717) is 19.4 Å². The molecule has 0 amide bonds. The maximum atomic E-state index is 14.2. The van der Waals surface area contributed by atoms with E-state index in [1.807, 2.05) is 6.20 Å². The Balaban J connectivity index is 2.06. The molecule has 0 aliphatic carbocycles. The van der Waals surface area contributed by atoms with Gasteiger partial charge in [0, 0.05) is 31.9 Å². The zero-order valence-corrected chi connectivity index (χ0v) is 9.17. The van der Waals surface area contributed by atoms with Gasteiger partial charge in [-0.1, -0.05) is 6.92 Å². The summed E-state index contributed by atoms with van der Waals surface area (Å²) in [7, 11) is 0. The molecule has 2 heterocycles. The van der Waals surface area contributed by atoms with Crippen LogP contribution in [-0.2, 0) is 13.0 Å². The fourth-order valence-electron chi connectivity index (χ4n) is 2.10. The molecule has 1 unspecified atom stereocenters. The van der Waals surface area contributed by atoms with Crippen LogP contribution in [0.2, 0.25) is 0 Å². The van der Waals surface area contributed by atoms with Crippen LogP contribution in [0.1, 0.15) is 25.6 Å². The van der Waals surface area contributed by atoms with Crippen LogP contribution < -0.4 is 5.32 Å². The third-order valence-electron chi connectivity index (χ3n) is 2.93. The SMILES string of the molecule is CCCn1ccnc1CC1(F)CCNC1. The lowest BCUT2D eigenvalue weighted by Crippen LogP contribution is -2.30. The van der Waals surface area contributed by atoms with Crippen molar-refractivity contribution in [1.29, 1.82) is 0 Å². The number of aromatic nitrogens is 2. The molecule has 1 atom stereocenters. The number of nitrogens with one attached hydrogen (secondary N) is 1. The second-order valence-corrected chi connectivity index (χ2v) is 4.29. The first-order valence-corrected chi connectivity index (χ1v) is 5.63. The van der Waals surface area contributed by atoms with E-state index in [2.05, 4.69) is 21.8 Å². The minimum absolute atomic E-state index is 0.438. The molecule has 1 fully saturated rings. The normalized spacial score (nSPS) is 26.0. The predicted octanol–water partition coefficient (Wildman–Crippen LogP) is 1.54. The molecule has 0 aromatic carbocycles. The monoisotopic (exact) mass is 211 g/mol. The molecule has 1 N–H and O–H groups in total. The van der Waals surface area contributed by atoms with E-state index in [0.717, 1.165) is 25.3 Å². The van der Waals surface area contributed by atoms with Crippen molar-refractivity contribution in [3.8, 4) is 0 Å². The molecule has 1 aromatic rings. The molecular formula is C11H18FN3. The molecule has 3 nitrogen and oxygen atoms in total. The highest BCUT2D eigenvalue weighted by molar-refractivity contribution is 5.02. The standard InChI is InChI=1S/C11H18FN3/c1-2-6-15-7-5-14-10(15)8-11(12)3-4-13-9-11/h5,7,13H,2-4,6,8-9H2,1H3. The molecule has 84 valence electrons. The van der Waals surface area contributed by atoms with E-state index in [1.165, 1.54) is 0 Å².